The fourth-order valence-electron chi connectivity index (χ4n) is 6.77. The van der Waals surface area contributed by atoms with Crippen molar-refractivity contribution < 1.29 is 23.9 Å². The highest BCUT2D eigenvalue weighted by molar-refractivity contribution is 6.03. The lowest BCUT2D eigenvalue weighted by atomic mass is 9.74. The number of hydrogen-bond acceptors (Lipinski definition) is 5. The molecule has 1 aromatic carbocycles. The van der Waals surface area contributed by atoms with E-state index >= 15 is 0 Å². The molecule has 8 heteroatoms. The van der Waals surface area contributed by atoms with Crippen molar-refractivity contribution in [1.29, 1.82) is 0 Å². The Morgan fingerprint density at radius 2 is 1.86 bits per heavy atom. The Balaban J connectivity index is 1.25. The average molecular weight is 494 g/mol. The monoisotopic (exact) mass is 493 g/mol. The van der Waals surface area contributed by atoms with Gasteiger partial charge in [0.15, 0.2) is 0 Å². The highest BCUT2D eigenvalue weighted by atomic mass is 16.5. The van der Waals surface area contributed by atoms with E-state index in [4.69, 9.17) is 9.47 Å². The molecular formula is C28H35N3O5. The number of carbonyl (C=O) groups excluding carboxylic acids is 3. The van der Waals surface area contributed by atoms with E-state index in [2.05, 4.69) is 17.6 Å². The topological polar surface area (TPSA) is 97.0 Å². The first-order valence-electron chi connectivity index (χ1n) is 13.5. The molecule has 0 radical (unpaired) electrons. The summed E-state index contributed by atoms with van der Waals surface area (Å²) in [6.07, 6.45) is 9.35. The molecule has 4 fully saturated rings. The Labute approximate surface area is 211 Å². The Kier molecular flexibility index (Phi) is 5.82. The number of ether oxygens (including phenoxy) is 2. The number of likely N-dealkylation sites (tertiary alicyclic amines) is 1. The van der Waals surface area contributed by atoms with Gasteiger partial charge in [0, 0.05) is 17.8 Å². The lowest BCUT2D eigenvalue weighted by molar-refractivity contribution is -0.142. The van der Waals surface area contributed by atoms with Gasteiger partial charge in [-0.3, -0.25) is 14.4 Å². The van der Waals surface area contributed by atoms with Crippen LogP contribution in [0, 0.1) is 17.8 Å². The lowest BCUT2D eigenvalue weighted by Gasteiger charge is -2.36. The highest BCUT2D eigenvalue weighted by Gasteiger charge is 2.74. The van der Waals surface area contributed by atoms with Gasteiger partial charge in [0.2, 0.25) is 17.7 Å². The second-order valence-electron chi connectivity index (χ2n) is 11.0. The minimum atomic E-state index is -1.09. The maximum Gasteiger partial charge on any atom is 0.246 e. The van der Waals surface area contributed by atoms with Crippen LogP contribution in [0.4, 0.5) is 5.69 Å². The van der Waals surface area contributed by atoms with Crippen LogP contribution in [0.15, 0.2) is 36.4 Å². The van der Waals surface area contributed by atoms with Gasteiger partial charge in [-0.05, 0) is 62.8 Å². The molecule has 6 rings (SSSR count). The molecule has 0 unspecified atom stereocenters. The second kappa shape index (κ2) is 8.91. The van der Waals surface area contributed by atoms with Gasteiger partial charge in [0.25, 0.3) is 0 Å². The van der Waals surface area contributed by atoms with Gasteiger partial charge in [-0.2, -0.15) is 0 Å². The van der Waals surface area contributed by atoms with Crippen LogP contribution in [0.2, 0.25) is 0 Å². The zero-order chi connectivity index (χ0) is 25.0. The molecule has 1 aromatic rings. The minimum absolute atomic E-state index is 0.0443. The summed E-state index contributed by atoms with van der Waals surface area (Å²) in [5, 5.41) is 6.24. The zero-order valence-corrected chi connectivity index (χ0v) is 20.9. The molecule has 8 nitrogen and oxygen atoms in total. The Bertz CT molecular complexity index is 1080. The predicted octanol–water partition coefficient (Wildman–Crippen LogP) is 3.03. The zero-order valence-electron chi connectivity index (χ0n) is 20.9. The van der Waals surface area contributed by atoms with E-state index < -0.39 is 29.6 Å². The average Bonchev–Trinajstić information content (AvgIpc) is 3.46. The summed E-state index contributed by atoms with van der Waals surface area (Å²) in [6.45, 7) is 4.67. The smallest absolute Gasteiger partial charge is 0.246 e. The van der Waals surface area contributed by atoms with Crippen LogP contribution in [0.1, 0.15) is 52.4 Å². The van der Waals surface area contributed by atoms with E-state index in [-0.39, 0.29) is 29.8 Å². The Hall–Kier alpha value is -2.87. The first-order valence-corrected chi connectivity index (χ1v) is 13.5. The van der Waals surface area contributed by atoms with Gasteiger partial charge in [-0.15, -0.1) is 0 Å². The summed E-state index contributed by atoms with van der Waals surface area (Å²) >= 11 is 0. The third-order valence-electron chi connectivity index (χ3n) is 8.68. The van der Waals surface area contributed by atoms with Crippen molar-refractivity contribution in [3.63, 3.8) is 0 Å². The summed E-state index contributed by atoms with van der Waals surface area (Å²) in [5.41, 5.74) is -0.456. The van der Waals surface area contributed by atoms with Gasteiger partial charge < -0.3 is 25.0 Å². The predicted molar refractivity (Wildman–Crippen MR) is 133 cm³/mol. The molecular weight excluding hydrogens is 458 g/mol. The summed E-state index contributed by atoms with van der Waals surface area (Å²) < 4.78 is 11.9. The van der Waals surface area contributed by atoms with E-state index in [9.17, 15) is 14.4 Å². The van der Waals surface area contributed by atoms with Crippen LogP contribution >= 0.6 is 0 Å². The number of nitrogens with zero attached hydrogens (tertiary/aromatic N) is 1. The molecule has 3 amide bonds. The maximum atomic E-state index is 13.8. The van der Waals surface area contributed by atoms with E-state index in [0.717, 1.165) is 37.9 Å². The number of fused-ring (bicyclic) bond motifs is 1. The van der Waals surface area contributed by atoms with Gasteiger partial charge in [-0.25, -0.2) is 0 Å². The largest absolute Gasteiger partial charge is 0.494 e. The van der Waals surface area contributed by atoms with Crippen molar-refractivity contribution in [2.75, 3.05) is 11.9 Å². The van der Waals surface area contributed by atoms with Crippen molar-refractivity contribution >= 4 is 23.4 Å². The molecule has 1 spiro atoms. The number of benzene rings is 1. The van der Waals surface area contributed by atoms with Gasteiger partial charge in [0.05, 0.1) is 24.5 Å². The van der Waals surface area contributed by atoms with Gasteiger partial charge >= 0.3 is 0 Å². The molecule has 0 aromatic heterocycles. The number of anilines is 1. The van der Waals surface area contributed by atoms with Crippen molar-refractivity contribution in [2.24, 2.45) is 17.8 Å². The van der Waals surface area contributed by atoms with Crippen molar-refractivity contribution in [2.45, 2.75) is 82.2 Å². The number of amides is 3. The third kappa shape index (κ3) is 3.72. The van der Waals surface area contributed by atoms with Crippen LogP contribution in [0.25, 0.3) is 0 Å². The normalized spacial score (nSPS) is 36.6. The molecule has 2 bridgehead atoms. The lowest BCUT2D eigenvalue weighted by Crippen LogP contribution is -2.57. The van der Waals surface area contributed by atoms with Gasteiger partial charge in [-0.1, -0.05) is 31.9 Å². The van der Waals surface area contributed by atoms with Crippen molar-refractivity contribution in [3.05, 3.63) is 36.4 Å². The Morgan fingerprint density at radius 1 is 1.11 bits per heavy atom. The van der Waals surface area contributed by atoms with Gasteiger partial charge in [0.1, 0.15) is 17.4 Å². The number of hydrogen-bond donors (Lipinski definition) is 2. The molecule has 7 atom stereocenters. The highest BCUT2D eigenvalue weighted by Crippen LogP contribution is 2.57. The fraction of sp³-hybridized carbons (Fsp3) is 0.607. The standard InChI is InChI=1S/C28H35N3O5/c1-3-35-19-12-8-17(9-13-19)29-25(32)22-21-14-15-28(36-21)23(22)27(34)31(18-10-11-18)24(28)26(33)30-20-7-5-4-6-16(20)2/h8-9,12-16,18,20-24H,3-7,10-11H2,1-2H3,(H,29,32)(H,30,33)/t16-,20+,21-,22+,23-,24-,28-/m1/s1. The molecule has 192 valence electrons. The van der Waals surface area contributed by atoms with E-state index in [1.54, 1.807) is 29.2 Å². The maximum absolute atomic E-state index is 13.8. The molecule has 2 N–H and O–H groups in total. The first kappa shape index (κ1) is 23.5. The van der Waals surface area contributed by atoms with Crippen LogP contribution in [0.5, 0.6) is 5.75 Å². The molecule has 5 aliphatic rings. The Morgan fingerprint density at radius 3 is 2.56 bits per heavy atom. The molecule has 3 heterocycles. The van der Waals surface area contributed by atoms with Crippen LogP contribution in [0.3, 0.4) is 0 Å². The third-order valence-corrected chi connectivity index (χ3v) is 8.68. The summed E-state index contributed by atoms with van der Waals surface area (Å²) in [7, 11) is 0. The number of rotatable bonds is 7. The van der Waals surface area contributed by atoms with Crippen LogP contribution < -0.4 is 15.4 Å². The fourth-order valence-corrected chi connectivity index (χ4v) is 6.77. The minimum Gasteiger partial charge on any atom is -0.494 e. The van der Waals surface area contributed by atoms with E-state index in [0.29, 0.717) is 18.2 Å². The molecule has 2 saturated heterocycles. The van der Waals surface area contributed by atoms with Crippen LogP contribution in [-0.4, -0.2) is 59.1 Å². The van der Waals surface area contributed by atoms with E-state index in [1.807, 2.05) is 19.1 Å². The number of carbonyl (C=O) groups is 3. The summed E-state index contributed by atoms with van der Waals surface area (Å²) in [6, 6.07) is 6.61. The quantitative estimate of drug-likeness (QED) is 0.569. The second-order valence-corrected chi connectivity index (χ2v) is 11.0. The summed E-state index contributed by atoms with van der Waals surface area (Å²) in [4.78, 5) is 42.9. The summed E-state index contributed by atoms with van der Waals surface area (Å²) in [5.74, 6) is -0.773. The molecule has 2 aliphatic carbocycles. The van der Waals surface area contributed by atoms with Crippen molar-refractivity contribution in [1.82, 2.24) is 10.2 Å². The number of nitrogens with one attached hydrogen (secondary N) is 2. The molecule has 36 heavy (non-hydrogen) atoms. The SMILES string of the molecule is CCOc1ccc(NC(=O)[C@H]2[C@H]3C=C[C@@]4(O3)[C@H]2C(=O)N(C2CC2)[C@@H]4C(=O)N[C@H]2CCCC[C@H]2C)cc1. The first-order chi connectivity index (χ1) is 17.4. The van der Waals surface area contributed by atoms with Crippen molar-refractivity contribution in [3.8, 4) is 5.75 Å². The molecule has 2 saturated carbocycles. The van der Waals surface area contributed by atoms with Crippen LogP contribution in [-0.2, 0) is 19.1 Å². The van der Waals surface area contributed by atoms with E-state index in [1.165, 1.54) is 6.42 Å². The molecule has 3 aliphatic heterocycles.